The molecule has 1 aliphatic heterocycles. The van der Waals surface area contributed by atoms with Gasteiger partial charge in [0.05, 0.1) is 13.2 Å². The van der Waals surface area contributed by atoms with Crippen LogP contribution >= 0.6 is 0 Å². The Morgan fingerprint density at radius 3 is 2.59 bits per heavy atom. The third-order valence-corrected chi connectivity index (χ3v) is 2.59. The van der Waals surface area contributed by atoms with Crippen LogP contribution in [0.4, 0.5) is 0 Å². The molecule has 1 aliphatic rings. The maximum absolute atomic E-state index is 5.32. The molecular weight excluding hydrogens is 210 g/mol. The highest BCUT2D eigenvalue weighted by Gasteiger charge is 2.10. The summed E-state index contributed by atoms with van der Waals surface area (Å²) in [6.45, 7) is 12.3. The predicted octanol–water partition coefficient (Wildman–Crippen LogP) is 3.02. The van der Waals surface area contributed by atoms with Crippen LogP contribution in [0.15, 0.2) is 36.9 Å². The summed E-state index contributed by atoms with van der Waals surface area (Å²) in [6.07, 6.45) is 1.75. The van der Waals surface area contributed by atoms with Crippen LogP contribution in [0.2, 0.25) is 0 Å². The summed E-state index contributed by atoms with van der Waals surface area (Å²) in [6, 6.07) is 8.73. The van der Waals surface area contributed by atoms with Crippen LogP contribution in [0.3, 0.4) is 0 Å². The largest absolute Gasteiger partial charge is 0.379 e. The van der Waals surface area contributed by atoms with Gasteiger partial charge in [0.1, 0.15) is 0 Å². The third kappa shape index (κ3) is 5.66. The summed E-state index contributed by atoms with van der Waals surface area (Å²) in [5, 5.41) is 0. The minimum absolute atomic E-state index is 0.881. The lowest BCUT2D eigenvalue weighted by atomic mass is 10.1. The molecule has 0 aliphatic carbocycles. The normalized spacial score (nSPS) is 15.9. The number of rotatable bonds is 2. The van der Waals surface area contributed by atoms with Gasteiger partial charge in [0, 0.05) is 19.6 Å². The molecule has 2 rings (SSSR count). The first-order valence-electron chi connectivity index (χ1n) is 6.19. The Balaban J connectivity index is 0.000000437. The molecule has 0 radical (unpaired) electrons. The topological polar surface area (TPSA) is 12.5 Å². The van der Waals surface area contributed by atoms with Crippen molar-refractivity contribution in [1.29, 1.82) is 0 Å². The molecule has 0 atom stereocenters. The second-order valence-corrected chi connectivity index (χ2v) is 4.29. The number of morpholine rings is 1. The minimum Gasteiger partial charge on any atom is -0.379 e. The summed E-state index contributed by atoms with van der Waals surface area (Å²) in [4.78, 5) is 2.44. The Bertz CT molecular complexity index is 329. The van der Waals surface area contributed by atoms with Gasteiger partial charge < -0.3 is 4.74 Å². The van der Waals surface area contributed by atoms with Crippen molar-refractivity contribution in [2.45, 2.75) is 20.4 Å². The fourth-order valence-corrected chi connectivity index (χ4v) is 1.83. The van der Waals surface area contributed by atoms with Gasteiger partial charge in [-0.3, -0.25) is 4.90 Å². The van der Waals surface area contributed by atoms with Crippen LogP contribution in [0.1, 0.15) is 18.1 Å². The first kappa shape index (κ1) is 13.9. The smallest absolute Gasteiger partial charge is 0.0594 e. The highest BCUT2D eigenvalue weighted by Crippen LogP contribution is 2.08. The Hall–Kier alpha value is -1.12. The van der Waals surface area contributed by atoms with Gasteiger partial charge in [-0.05, 0) is 19.4 Å². The van der Waals surface area contributed by atoms with Crippen molar-refractivity contribution in [3.05, 3.63) is 48.0 Å². The monoisotopic (exact) mass is 233 g/mol. The number of hydrogen-bond acceptors (Lipinski definition) is 2. The van der Waals surface area contributed by atoms with E-state index in [0.717, 1.165) is 32.8 Å². The highest BCUT2D eigenvalue weighted by atomic mass is 16.5. The van der Waals surface area contributed by atoms with E-state index >= 15 is 0 Å². The Labute approximate surface area is 105 Å². The van der Waals surface area contributed by atoms with E-state index in [1.807, 2.05) is 6.92 Å². The van der Waals surface area contributed by atoms with E-state index in [-0.39, 0.29) is 0 Å². The number of hydrogen-bond donors (Lipinski definition) is 0. The van der Waals surface area contributed by atoms with Crippen molar-refractivity contribution in [2.75, 3.05) is 26.3 Å². The lowest BCUT2D eigenvalue weighted by molar-refractivity contribution is 0.0342. The Morgan fingerprint density at radius 2 is 2.00 bits per heavy atom. The number of allylic oxidation sites excluding steroid dienone is 1. The molecule has 0 unspecified atom stereocenters. The van der Waals surface area contributed by atoms with Gasteiger partial charge >= 0.3 is 0 Å². The van der Waals surface area contributed by atoms with Gasteiger partial charge in [-0.15, -0.1) is 6.58 Å². The number of nitrogens with zero attached hydrogens (tertiary/aromatic N) is 1. The van der Waals surface area contributed by atoms with Crippen LogP contribution in [0.25, 0.3) is 0 Å². The zero-order chi connectivity index (χ0) is 12.5. The maximum Gasteiger partial charge on any atom is 0.0594 e. The molecule has 0 amide bonds. The Morgan fingerprint density at radius 1 is 1.35 bits per heavy atom. The van der Waals surface area contributed by atoms with Gasteiger partial charge in [0.15, 0.2) is 0 Å². The lowest BCUT2D eigenvalue weighted by Gasteiger charge is -2.26. The zero-order valence-corrected chi connectivity index (χ0v) is 11.0. The van der Waals surface area contributed by atoms with Crippen LogP contribution in [-0.2, 0) is 11.3 Å². The molecule has 94 valence electrons. The molecule has 2 heteroatoms. The number of aryl methyl sites for hydroxylation is 1. The van der Waals surface area contributed by atoms with Crippen LogP contribution in [-0.4, -0.2) is 31.2 Å². The van der Waals surface area contributed by atoms with E-state index in [1.54, 1.807) is 6.08 Å². The van der Waals surface area contributed by atoms with Gasteiger partial charge in [0.2, 0.25) is 0 Å². The van der Waals surface area contributed by atoms with Crippen molar-refractivity contribution in [3.8, 4) is 0 Å². The molecule has 2 nitrogen and oxygen atoms in total. The molecule has 0 saturated carbocycles. The van der Waals surface area contributed by atoms with E-state index < -0.39 is 0 Å². The van der Waals surface area contributed by atoms with Crippen LogP contribution in [0.5, 0.6) is 0 Å². The SMILES string of the molecule is C=CC.Cc1cccc(CN2CCOCC2)c1. The van der Waals surface area contributed by atoms with Crippen molar-refractivity contribution in [2.24, 2.45) is 0 Å². The van der Waals surface area contributed by atoms with Gasteiger partial charge in [-0.2, -0.15) is 0 Å². The van der Waals surface area contributed by atoms with Crippen molar-refractivity contribution >= 4 is 0 Å². The van der Waals surface area contributed by atoms with Crippen molar-refractivity contribution in [3.63, 3.8) is 0 Å². The molecule has 0 bridgehead atoms. The van der Waals surface area contributed by atoms with E-state index in [1.165, 1.54) is 11.1 Å². The Kier molecular flexibility index (Phi) is 6.60. The quantitative estimate of drug-likeness (QED) is 0.728. The highest BCUT2D eigenvalue weighted by molar-refractivity contribution is 5.22. The lowest BCUT2D eigenvalue weighted by Crippen LogP contribution is -2.35. The minimum atomic E-state index is 0.881. The molecule has 1 aromatic carbocycles. The predicted molar refractivity (Wildman–Crippen MR) is 73.1 cm³/mol. The molecule has 0 N–H and O–H groups in total. The summed E-state index contributed by atoms with van der Waals surface area (Å²) in [5.74, 6) is 0. The molecular formula is C15H23NO. The van der Waals surface area contributed by atoms with Gasteiger partial charge in [0.25, 0.3) is 0 Å². The number of benzene rings is 1. The molecule has 0 spiro atoms. The average molecular weight is 233 g/mol. The average Bonchev–Trinajstić information content (AvgIpc) is 2.31. The zero-order valence-electron chi connectivity index (χ0n) is 11.0. The standard InChI is InChI=1S/C12H17NO.C3H6/c1-11-3-2-4-12(9-11)10-13-5-7-14-8-6-13;1-3-2/h2-4,9H,5-8,10H2,1H3;3H,1H2,2H3. The molecule has 17 heavy (non-hydrogen) atoms. The van der Waals surface area contributed by atoms with Crippen molar-refractivity contribution < 1.29 is 4.74 Å². The van der Waals surface area contributed by atoms with E-state index in [2.05, 4.69) is 42.7 Å². The van der Waals surface area contributed by atoms with E-state index in [9.17, 15) is 0 Å². The first-order chi connectivity index (χ1) is 8.26. The van der Waals surface area contributed by atoms with Crippen LogP contribution < -0.4 is 0 Å². The van der Waals surface area contributed by atoms with Crippen molar-refractivity contribution in [1.82, 2.24) is 4.90 Å². The summed E-state index contributed by atoms with van der Waals surface area (Å²) in [5.41, 5.74) is 2.75. The summed E-state index contributed by atoms with van der Waals surface area (Å²) >= 11 is 0. The fourth-order valence-electron chi connectivity index (χ4n) is 1.83. The summed E-state index contributed by atoms with van der Waals surface area (Å²) in [7, 11) is 0. The fraction of sp³-hybridized carbons (Fsp3) is 0.467. The van der Waals surface area contributed by atoms with E-state index in [4.69, 9.17) is 4.74 Å². The van der Waals surface area contributed by atoms with Gasteiger partial charge in [-0.25, -0.2) is 0 Å². The maximum atomic E-state index is 5.32. The van der Waals surface area contributed by atoms with Gasteiger partial charge in [-0.1, -0.05) is 35.9 Å². The molecule has 1 heterocycles. The molecule has 0 aromatic heterocycles. The number of ether oxygens (including phenoxy) is 1. The first-order valence-corrected chi connectivity index (χ1v) is 6.19. The summed E-state index contributed by atoms with van der Waals surface area (Å²) < 4.78 is 5.32. The molecule has 1 saturated heterocycles. The third-order valence-electron chi connectivity index (χ3n) is 2.59. The molecule has 1 aromatic rings. The van der Waals surface area contributed by atoms with E-state index in [0.29, 0.717) is 0 Å². The second-order valence-electron chi connectivity index (χ2n) is 4.29. The second kappa shape index (κ2) is 8.04. The van der Waals surface area contributed by atoms with Crippen LogP contribution in [0, 0.1) is 6.92 Å². The molecule has 1 fully saturated rings.